The molecule has 0 bridgehead atoms. The quantitative estimate of drug-likeness (QED) is 0.0907. The molecular formula is C34H36Cl6O8. The van der Waals surface area contributed by atoms with Gasteiger partial charge < -0.3 is 18.9 Å². The van der Waals surface area contributed by atoms with Crippen LogP contribution < -0.4 is 9.47 Å². The lowest BCUT2D eigenvalue weighted by Crippen LogP contribution is -2.35. The average Bonchev–Trinajstić information content (AvgIpc) is 3.04. The summed E-state index contributed by atoms with van der Waals surface area (Å²) in [5.74, 6) is -3.21. The maximum absolute atomic E-state index is 13.1. The molecule has 0 spiro atoms. The van der Waals surface area contributed by atoms with Crippen LogP contribution >= 0.6 is 69.6 Å². The molecule has 48 heavy (non-hydrogen) atoms. The van der Waals surface area contributed by atoms with E-state index in [4.69, 9.17) is 88.6 Å². The minimum atomic E-state index is -1.64. The lowest BCUT2D eigenvalue weighted by atomic mass is 9.63. The molecule has 2 aliphatic rings. The summed E-state index contributed by atoms with van der Waals surface area (Å²) in [6, 6.07) is 2.27. The summed E-state index contributed by atoms with van der Waals surface area (Å²) in [6.07, 6.45) is 5.53. The Hall–Kier alpha value is -1.94. The number of ether oxygens (including phenoxy) is 4. The molecule has 0 heterocycles. The van der Waals surface area contributed by atoms with Gasteiger partial charge in [-0.1, -0.05) is 110 Å². The average molecular weight is 785 g/mol. The molecular weight excluding hydrogens is 749 g/mol. The first-order chi connectivity index (χ1) is 22.7. The summed E-state index contributed by atoms with van der Waals surface area (Å²) in [5, 5.41) is -1.44. The van der Waals surface area contributed by atoms with Gasteiger partial charge in [-0.05, 0) is 73.3 Å². The van der Waals surface area contributed by atoms with Crippen molar-refractivity contribution < 1.29 is 38.1 Å². The van der Waals surface area contributed by atoms with E-state index in [1.807, 2.05) is 0 Å². The molecule has 0 N–H and O–H groups in total. The third kappa shape index (κ3) is 8.50. The summed E-state index contributed by atoms with van der Waals surface area (Å²) >= 11 is 37.5. The molecule has 2 aromatic carbocycles. The Morgan fingerprint density at radius 1 is 0.604 bits per heavy atom. The van der Waals surface area contributed by atoms with E-state index in [-0.39, 0.29) is 43.3 Å². The fraction of sp³-hybridized carbons (Fsp3) is 0.529. The molecule has 262 valence electrons. The normalized spacial score (nSPS) is 23.0. The Labute approximate surface area is 309 Å². The van der Waals surface area contributed by atoms with Gasteiger partial charge >= 0.3 is 23.9 Å². The Morgan fingerprint density at radius 2 is 0.958 bits per heavy atom. The van der Waals surface area contributed by atoms with Crippen molar-refractivity contribution in [2.75, 3.05) is 13.2 Å². The first-order valence-electron chi connectivity index (χ1n) is 15.8. The highest BCUT2D eigenvalue weighted by atomic mass is 35.5. The second-order valence-corrected chi connectivity index (χ2v) is 14.8. The zero-order valence-electron chi connectivity index (χ0n) is 26.8. The van der Waals surface area contributed by atoms with E-state index in [1.54, 1.807) is 0 Å². The van der Waals surface area contributed by atoms with Gasteiger partial charge in [0, 0.05) is 0 Å². The van der Waals surface area contributed by atoms with Crippen LogP contribution in [0.4, 0.5) is 0 Å². The number of hydrogen-bond donors (Lipinski definition) is 0. The van der Waals surface area contributed by atoms with Gasteiger partial charge in [-0.2, -0.15) is 0 Å². The zero-order valence-corrected chi connectivity index (χ0v) is 31.3. The molecule has 0 saturated heterocycles. The third-order valence-corrected chi connectivity index (χ3v) is 12.0. The summed E-state index contributed by atoms with van der Waals surface area (Å²) in [6.45, 7) is 8.78. The number of rotatable bonds is 12. The van der Waals surface area contributed by atoms with Gasteiger partial charge in [0.15, 0.2) is 11.5 Å². The minimum Gasteiger partial charge on any atom is -0.462 e. The number of hydrogen-bond acceptors (Lipinski definition) is 8. The molecule has 4 rings (SSSR count). The first-order valence-corrected chi connectivity index (χ1v) is 18.1. The van der Waals surface area contributed by atoms with E-state index in [1.165, 1.54) is 0 Å². The molecule has 0 amide bonds. The largest absolute Gasteiger partial charge is 0.462 e. The predicted molar refractivity (Wildman–Crippen MR) is 186 cm³/mol. The van der Waals surface area contributed by atoms with Gasteiger partial charge in [0.1, 0.15) is 11.1 Å². The van der Waals surface area contributed by atoms with Crippen LogP contribution in [-0.2, 0) is 19.1 Å². The second-order valence-electron chi connectivity index (χ2n) is 12.4. The van der Waals surface area contributed by atoms with Gasteiger partial charge in [-0.3, -0.25) is 0 Å². The monoisotopic (exact) mass is 782 g/mol. The van der Waals surface area contributed by atoms with Crippen LogP contribution in [0.1, 0.15) is 86.9 Å². The van der Waals surface area contributed by atoms with Crippen LogP contribution in [0.3, 0.4) is 0 Å². The minimum absolute atomic E-state index is 0.0772. The summed E-state index contributed by atoms with van der Waals surface area (Å²) in [7, 11) is 0. The molecule has 14 heteroatoms. The number of benzene rings is 2. The molecule has 2 saturated carbocycles. The lowest BCUT2D eigenvalue weighted by molar-refractivity contribution is -0.156. The van der Waals surface area contributed by atoms with Crippen molar-refractivity contribution in [1.82, 2.24) is 0 Å². The van der Waals surface area contributed by atoms with Crippen molar-refractivity contribution in [3.63, 3.8) is 0 Å². The van der Waals surface area contributed by atoms with Gasteiger partial charge in [-0.25, -0.2) is 19.2 Å². The second kappa shape index (κ2) is 16.8. The molecule has 6 unspecified atom stereocenters. The molecule has 8 nitrogen and oxygen atoms in total. The fourth-order valence-electron chi connectivity index (χ4n) is 6.59. The molecule has 0 aliphatic heterocycles. The summed E-state index contributed by atoms with van der Waals surface area (Å²) < 4.78 is 21.3. The fourth-order valence-corrected chi connectivity index (χ4v) is 8.03. The highest BCUT2D eigenvalue weighted by Gasteiger charge is 2.38. The highest BCUT2D eigenvalue weighted by Crippen LogP contribution is 2.46. The van der Waals surface area contributed by atoms with Crippen LogP contribution in [0.25, 0.3) is 0 Å². The molecule has 0 radical (unpaired) electrons. The third-order valence-electron chi connectivity index (χ3n) is 9.90. The number of halogens is 6. The van der Waals surface area contributed by atoms with E-state index >= 15 is 0 Å². The van der Waals surface area contributed by atoms with Crippen LogP contribution in [0, 0.1) is 35.5 Å². The van der Waals surface area contributed by atoms with Crippen molar-refractivity contribution >= 4 is 93.5 Å². The standard InChI is InChI=1S/C34H36Cl6O8/c1-5-17-11-19(15(17)3)7-9-45-31(41)25-27(39)21(35)13-23(37)29(25)47-33(43)34(44)48-30-24(38)14-22(36)28(40)26(30)32(42)46-10-8-20-12-18(6-2)16(20)4/h13-20H,5-12H2,1-4H3. The van der Waals surface area contributed by atoms with Crippen molar-refractivity contribution in [2.45, 2.75) is 66.2 Å². The maximum Gasteiger partial charge on any atom is 0.423 e. The Morgan fingerprint density at radius 3 is 1.27 bits per heavy atom. The van der Waals surface area contributed by atoms with Crippen molar-refractivity contribution in [3.8, 4) is 11.5 Å². The maximum atomic E-state index is 13.1. The van der Waals surface area contributed by atoms with Crippen molar-refractivity contribution in [3.05, 3.63) is 53.4 Å². The molecule has 0 aromatic heterocycles. The van der Waals surface area contributed by atoms with E-state index in [9.17, 15) is 19.2 Å². The van der Waals surface area contributed by atoms with E-state index in [0.717, 1.165) is 37.8 Å². The van der Waals surface area contributed by atoms with E-state index < -0.39 is 46.5 Å². The van der Waals surface area contributed by atoms with E-state index in [2.05, 4.69) is 27.7 Å². The highest BCUT2D eigenvalue weighted by molar-refractivity contribution is 6.47. The van der Waals surface area contributed by atoms with Gasteiger partial charge in [0.05, 0.1) is 43.3 Å². The van der Waals surface area contributed by atoms with Crippen LogP contribution in [-0.4, -0.2) is 37.1 Å². The smallest absolute Gasteiger partial charge is 0.423 e. The first kappa shape index (κ1) is 38.9. The van der Waals surface area contributed by atoms with Crippen LogP contribution in [0.2, 0.25) is 30.1 Å². The molecule has 2 aliphatic carbocycles. The molecule has 2 fully saturated rings. The van der Waals surface area contributed by atoms with Gasteiger partial charge in [0.25, 0.3) is 0 Å². The van der Waals surface area contributed by atoms with E-state index in [0.29, 0.717) is 48.3 Å². The predicted octanol–water partition coefficient (Wildman–Crippen LogP) is 10.6. The lowest BCUT2D eigenvalue weighted by Gasteiger charge is -2.42. The van der Waals surface area contributed by atoms with Crippen molar-refractivity contribution in [2.24, 2.45) is 35.5 Å². The SMILES string of the molecule is CCC1CC(CCOC(=O)c2c(Cl)c(Cl)cc(Cl)c2OC(=O)C(=O)Oc2c(Cl)cc(Cl)c(Cl)c2C(=O)OCCC2CC(CC)C2C)C1C. The number of carbonyl (C=O) groups excluding carboxylic acids is 4. The molecule has 6 atom stereocenters. The Bertz CT molecular complexity index is 1460. The number of carbonyl (C=O) groups is 4. The summed E-state index contributed by atoms with van der Waals surface area (Å²) in [4.78, 5) is 52.3. The van der Waals surface area contributed by atoms with Gasteiger partial charge in [-0.15, -0.1) is 0 Å². The van der Waals surface area contributed by atoms with Gasteiger partial charge in [0.2, 0.25) is 0 Å². The van der Waals surface area contributed by atoms with Crippen LogP contribution in [0.15, 0.2) is 12.1 Å². The zero-order chi connectivity index (χ0) is 35.4. The Kier molecular flexibility index (Phi) is 13.6. The molecule has 2 aromatic rings. The van der Waals surface area contributed by atoms with Crippen LogP contribution in [0.5, 0.6) is 11.5 Å². The number of esters is 4. The topological polar surface area (TPSA) is 105 Å². The summed E-state index contributed by atoms with van der Waals surface area (Å²) in [5.41, 5.74) is -0.905. The Balaban J connectivity index is 1.46. The van der Waals surface area contributed by atoms with Crippen molar-refractivity contribution in [1.29, 1.82) is 0 Å².